The molecule has 0 aliphatic rings. The molecule has 0 fully saturated rings. The van der Waals surface area contributed by atoms with Gasteiger partial charge in [0.1, 0.15) is 0 Å². The average Bonchev–Trinajstić information content (AvgIpc) is 3.18. The van der Waals surface area contributed by atoms with E-state index in [0.717, 1.165) is 0 Å². The molecule has 8 aromatic rings. The molecule has 0 aliphatic heterocycles. The Hall–Kier alpha value is -5.17. The number of benzene rings is 8. The Morgan fingerprint density at radius 1 is 0.379 bits per heavy atom. The van der Waals surface area contributed by atoms with Crippen molar-refractivity contribution in [2.45, 2.75) is 92.7 Å². The van der Waals surface area contributed by atoms with Gasteiger partial charge < -0.3 is 9.80 Å². The summed E-state index contributed by atoms with van der Waals surface area (Å²) in [5.74, 6) is 0.655. The number of aryl methyl sites for hydroxylation is 2. The lowest BCUT2D eigenvalue weighted by atomic mass is 9.84. The summed E-state index contributed by atoms with van der Waals surface area (Å²) in [7, 11) is -2.97. The molecule has 0 amide bonds. The minimum absolute atomic E-state index is 0.327. The van der Waals surface area contributed by atoms with Crippen LogP contribution < -0.4 is 20.2 Å². The van der Waals surface area contributed by atoms with Crippen LogP contribution in [0.4, 0.5) is 34.1 Å². The molecule has 0 saturated heterocycles. The fourth-order valence-corrected chi connectivity index (χ4v) is 11.3. The SMILES string of the molecule is Cc1ccccc1N(c1ccc([Si](C)(C)C)cc1)c1cc(C(C)C)c2ccc3c(N(c4ccc([Si](C)(C)C)cc4)c4ccccc4C)cc(C(C)C)c4ccc1c2c43. The minimum atomic E-state index is -1.49. The van der Waals surface area contributed by atoms with E-state index in [1.807, 2.05) is 0 Å². The van der Waals surface area contributed by atoms with E-state index < -0.39 is 16.1 Å². The van der Waals surface area contributed by atoms with Crippen molar-refractivity contribution in [3.8, 4) is 0 Å². The maximum Gasteiger partial charge on any atom is 0.0775 e. The summed E-state index contributed by atoms with van der Waals surface area (Å²) in [6, 6.07) is 51.4. The van der Waals surface area contributed by atoms with E-state index >= 15 is 0 Å². The highest BCUT2D eigenvalue weighted by molar-refractivity contribution is 6.89. The van der Waals surface area contributed by atoms with Crippen LogP contribution >= 0.6 is 0 Å². The van der Waals surface area contributed by atoms with Gasteiger partial charge in [-0.2, -0.15) is 0 Å². The molecular formula is C54H60N2Si2. The standard InChI is InChI=1S/C54H60N2Si2/c1-35(2)47-33-51(55(49-19-15-13-17-37(49)5)39-21-25-41(26-22-39)57(7,8)9)45-32-30-44-48(36(3)4)34-52(46-31-29-43(47)53(45)54(44)46)56(50-20-16-14-18-38(50)6)40-23-27-42(28-24-40)58(10,11)12/h13-36H,1-12H3. The zero-order valence-electron chi connectivity index (χ0n) is 36.8. The van der Waals surface area contributed by atoms with Crippen molar-refractivity contribution in [2.24, 2.45) is 0 Å². The first kappa shape index (κ1) is 39.7. The smallest absolute Gasteiger partial charge is 0.0775 e. The molecule has 58 heavy (non-hydrogen) atoms. The van der Waals surface area contributed by atoms with Crippen LogP contribution in [0.2, 0.25) is 39.3 Å². The molecule has 0 bridgehead atoms. The summed E-state index contributed by atoms with van der Waals surface area (Å²) in [5, 5.41) is 10.9. The van der Waals surface area contributed by atoms with Gasteiger partial charge in [0.2, 0.25) is 0 Å². The molecule has 0 spiro atoms. The van der Waals surface area contributed by atoms with Gasteiger partial charge >= 0.3 is 0 Å². The molecule has 0 atom stereocenters. The van der Waals surface area contributed by atoms with Gasteiger partial charge in [-0.1, -0.05) is 162 Å². The summed E-state index contributed by atoms with van der Waals surface area (Å²) in [6.07, 6.45) is 0. The lowest BCUT2D eigenvalue weighted by Crippen LogP contribution is -2.37. The number of nitrogens with zero attached hydrogens (tertiary/aromatic N) is 2. The Labute approximate surface area is 349 Å². The van der Waals surface area contributed by atoms with Crippen molar-refractivity contribution in [1.82, 2.24) is 0 Å². The van der Waals surface area contributed by atoms with Crippen LogP contribution in [-0.4, -0.2) is 16.1 Å². The van der Waals surface area contributed by atoms with Crippen LogP contribution in [0.1, 0.15) is 61.8 Å². The third-order valence-electron chi connectivity index (χ3n) is 12.3. The number of hydrogen-bond acceptors (Lipinski definition) is 2. The normalized spacial score (nSPS) is 12.4. The average molecular weight is 793 g/mol. The third-order valence-corrected chi connectivity index (χ3v) is 16.5. The zero-order valence-corrected chi connectivity index (χ0v) is 38.8. The summed E-state index contributed by atoms with van der Waals surface area (Å²) in [5.41, 5.74) is 12.5. The van der Waals surface area contributed by atoms with Gasteiger partial charge in [0, 0.05) is 33.5 Å². The Balaban J connectivity index is 1.49. The molecule has 2 nitrogen and oxygen atoms in total. The molecule has 0 radical (unpaired) electrons. The molecule has 8 rings (SSSR count). The summed E-state index contributed by atoms with van der Waals surface area (Å²) >= 11 is 0. The number of para-hydroxylation sites is 2. The largest absolute Gasteiger partial charge is 0.310 e. The van der Waals surface area contributed by atoms with Crippen molar-refractivity contribution >= 4 is 93.0 Å². The molecule has 0 saturated carbocycles. The van der Waals surface area contributed by atoms with E-state index in [9.17, 15) is 0 Å². The van der Waals surface area contributed by atoms with Gasteiger partial charge in [0.15, 0.2) is 0 Å². The van der Waals surface area contributed by atoms with E-state index in [4.69, 9.17) is 0 Å². The first-order valence-electron chi connectivity index (χ1n) is 21.3. The van der Waals surface area contributed by atoms with Gasteiger partial charge in [-0.05, 0) is 118 Å². The third kappa shape index (κ3) is 6.94. The van der Waals surface area contributed by atoms with Crippen molar-refractivity contribution in [1.29, 1.82) is 0 Å². The van der Waals surface area contributed by atoms with E-state index in [2.05, 4.69) is 224 Å². The highest BCUT2D eigenvalue weighted by Gasteiger charge is 2.27. The predicted octanol–water partition coefficient (Wildman–Crippen LogP) is 15.5. The molecule has 0 heterocycles. The number of rotatable bonds is 10. The van der Waals surface area contributed by atoms with Gasteiger partial charge in [0.25, 0.3) is 0 Å². The highest BCUT2D eigenvalue weighted by Crippen LogP contribution is 2.51. The second-order valence-corrected chi connectivity index (χ2v) is 29.3. The van der Waals surface area contributed by atoms with Crippen molar-refractivity contribution in [2.75, 3.05) is 9.80 Å². The monoisotopic (exact) mass is 792 g/mol. The second-order valence-electron chi connectivity index (χ2n) is 19.2. The molecule has 0 aromatic heterocycles. The molecule has 0 aliphatic carbocycles. The second kappa shape index (κ2) is 14.9. The van der Waals surface area contributed by atoms with E-state index in [-0.39, 0.29) is 0 Å². The maximum atomic E-state index is 2.53. The molecule has 0 N–H and O–H groups in total. The first-order valence-corrected chi connectivity index (χ1v) is 28.3. The number of hydrogen-bond donors (Lipinski definition) is 0. The first-order chi connectivity index (χ1) is 27.5. The van der Waals surface area contributed by atoms with Gasteiger partial charge in [-0.3, -0.25) is 0 Å². The van der Waals surface area contributed by atoms with Crippen LogP contribution in [0.25, 0.3) is 32.3 Å². The van der Waals surface area contributed by atoms with Gasteiger partial charge in [-0.15, -0.1) is 0 Å². The Kier molecular flexibility index (Phi) is 10.2. The Bertz CT molecular complexity index is 2570. The molecule has 8 aromatic carbocycles. The van der Waals surface area contributed by atoms with E-state index in [0.29, 0.717) is 11.8 Å². The summed E-state index contributed by atoms with van der Waals surface area (Å²) in [6.45, 7) is 28.5. The van der Waals surface area contributed by atoms with Crippen LogP contribution in [0.3, 0.4) is 0 Å². The molecule has 4 heteroatoms. The summed E-state index contributed by atoms with van der Waals surface area (Å²) in [4.78, 5) is 5.07. The van der Waals surface area contributed by atoms with E-state index in [1.54, 1.807) is 0 Å². The van der Waals surface area contributed by atoms with Crippen molar-refractivity contribution < 1.29 is 0 Å². The minimum Gasteiger partial charge on any atom is -0.310 e. The zero-order chi connectivity index (χ0) is 41.3. The Morgan fingerprint density at radius 2 is 0.707 bits per heavy atom. The van der Waals surface area contributed by atoms with Crippen LogP contribution in [0.5, 0.6) is 0 Å². The highest BCUT2D eigenvalue weighted by atomic mass is 28.3. The van der Waals surface area contributed by atoms with Crippen molar-refractivity contribution in [3.05, 3.63) is 156 Å². The van der Waals surface area contributed by atoms with Gasteiger partial charge in [0.05, 0.1) is 27.5 Å². The Morgan fingerprint density at radius 3 is 1.02 bits per heavy atom. The maximum absolute atomic E-state index is 2.53. The van der Waals surface area contributed by atoms with Crippen LogP contribution in [-0.2, 0) is 0 Å². The van der Waals surface area contributed by atoms with Gasteiger partial charge in [-0.25, -0.2) is 0 Å². The lowest BCUT2D eigenvalue weighted by molar-refractivity contribution is 0.875. The molecule has 0 unspecified atom stereocenters. The quantitative estimate of drug-likeness (QED) is 0.101. The molecular weight excluding hydrogens is 733 g/mol. The molecule has 294 valence electrons. The van der Waals surface area contributed by atoms with E-state index in [1.165, 1.54) is 99.1 Å². The van der Waals surface area contributed by atoms with Crippen molar-refractivity contribution in [3.63, 3.8) is 0 Å². The van der Waals surface area contributed by atoms with Crippen LogP contribution in [0, 0.1) is 13.8 Å². The fourth-order valence-electron chi connectivity index (χ4n) is 9.00. The number of anilines is 6. The summed E-state index contributed by atoms with van der Waals surface area (Å²) < 4.78 is 0. The van der Waals surface area contributed by atoms with Crippen LogP contribution in [0.15, 0.2) is 133 Å². The fraction of sp³-hybridized carbons (Fsp3) is 0.259. The predicted molar refractivity (Wildman–Crippen MR) is 263 cm³/mol. The lowest BCUT2D eigenvalue weighted by Gasteiger charge is -2.32. The topological polar surface area (TPSA) is 6.48 Å².